The van der Waals surface area contributed by atoms with Gasteiger partial charge in [0.2, 0.25) is 0 Å². The standard InChI is InChI=1S/C12H17N3O/c13-12(15-16)9-5-7-11(8-6-9)14-10-3-1-2-4-10/h5-8,10,14,16H,1-4H2,(H2,13,15). The van der Waals surface area contributed by atoms with E-state index < -0.39 is 0 Å². The summed E-state index contributed by atoms with van der Waals surface area (Å²) in [6, 6.07) is 8.24. The summed E-state index contributed by atoms with van der Waals surface area (Å²) in [5.74, 6) is 0.146. The lowest BCUT2D eigenvalue weighted by Crippen LogP contribution is -2.15. The highest BCUT2D eigenvalue weighted by atomic mass is 16.4. The van der Waals surface area contributed by atoms with Crippen LogP contribution >= 0.6 is 0 Å². The van der Waals surface area contributed by atoms with E-state index >= 15 is 0 Å². The van der Waals surface area contributed by atoms with Gasteiger partial charge in [-0.15, -0.1) is 0 Å². The predicted octanol–water partition coefficient (Wildman–Crippen LogP) is 2.14. The largest absolute Gasteiger partial charge is 0.409 e. The Bertz CT molecular complexity index is 366. The number of anilines is 1. The lowest BCUT2D eigenvalue weighted by molar-refractivity contribution is 0.318. The van der Waals surface area contributed by atoms with E-state index in [1.54, 1.807) is 0 Å². The molecule has 1 aromatic rings. The van der Waals surface area contributed by atoms with Crippen LogP contribution in [0.25, 0.3) is 0 Å². The first kappa shape index (κ1) is 10.8. The zero-order valence-electron chi connectivity index (χ0n) is 9.19. The third-order valence-electron chi connectivity index (χ3n) is 3.01. The predicted molar refractivity (Wildman–Crippen MR) is 64.8 cm³/mol. The molecule has 0 atom stereocenters. The van der Waals surface area contributed by atoms with Crippen molar-refractivity contribution < 1.29 is 5.21 Å². The molecule has 1 aromatic carbocycles. The Morgan fingerprint density at radius 3 is 2.44 bits per heavy atom. The summed E-state index contributed by atoms with van der Waals surface area (Å²) in [7, 11) is 0. The minimum absolute atomic E-state index is 0.146. The van der Waals surface area contributed by atoms with Gasteiger partial charge in [-0.25, -0.2) is 0 Å². The summed E-state index contributed by atoms with van der Waals surface area (Å²) < 4.78 is 0. The van der Waals surface area contributed by atoms with Gasteiger partial charge in [0.15, 0.2) is 5.84 Å². The molecule has 0 unspecified atom stereocenters. The summed E-state index contributed by atoms with van der Waals surface area (Å²) in [5.41, 5.74) is 7.32. The van der Waals surface area contributed by atoms with Crippen LogP contribution in [-0.4, -0.2) is 17.1 Å². The lowest BCUT2D eigenvalue weighted by atomic mass is 10.1. The molecule has 16 heavy (non-hydrogen) atoms. The molecule has 4 nitrogen and oxygen atoms in total. The molecule has 0 spiro atoms. The Hall–Kier alpha value is -1.71. The number of amidine groups is 1. The molecule has 0 radical (unpaired) electrons. The maximum absolute atomic E-state index is 8.53. The number of nitrogens with zero attached hydrogens (tertiary/aromatic N) is 1. The SMILES string of the molecule is N/C(=N\O)c1ccc(NC2CCCC2)cc1. The van der Waals surface area contributed by atoms with Crippen LogP contribution in [0.3, 0.4) is 0 Å². The van der Waals surface area contributed by atoms with Crippen LogP contribution in [-0.2, 0) is 0 Å². The van der Waals surface area contributed by atoms with Gasteiger partial charge in [-0.05, 0) is 37.1 Å². The van der Waals surface area contributed by atoms with Gasteiger partial charge >= 0.3 is 0 Å². The number of hydrogen-bond donors (Lipinski definition) is 3. The number of rotatable bonds is 3. The number of nitrogens with two attached hydrogens (primary N) is 1. The van der Waals surface area contributed by atoms with Crippen molar-refractivity contribution in [1.82, 2.24) is 0 Å². The second kappa shape index (κ2) is 4.88. The van der Waals surface area contributed by atoms with Crippen molar-refractivity contribution in [2.75, 3.05) is 5.32 Å². The van der Waals surface area contributed by atoms with Gasteiger partial charge in [-0.1, -0.05) is 18.0 Å². The molecule has 0 bridgehead atoms. The molecule has 1 saturated carbocycles. The van der Waals surface area contributed by atoms with Crippen LogP contribution in [0, 0.1) is 0 Å². The number of hydrogen-bond acceptors (Lipinski definition) is 3. The first-order valence-corrected chi connectivity index (χ1v) is 5.64. The van der Waals surface area contributed by atoms with Gasteiger partial charge in [-0.2, -0.15) is 0 Å². The Labute approximate surface area is 95.1 Å². The van der Waals surface area contributed by atoms with E-state index in [9.17, 15) is 0 Å². The zero-order valence-corrected chi connectivity index (χ0v) is 9.19. The summed E-state index contributed by atoms with van der Waals surface area (Å²) in [5, 5.41) is 15.0. The van der Waals surface area contributed by atoms with E-state index in [0.29, 0.717) is 6.04 Å². The molecular weight excluding hydrogens is 202 g/mol. The molecule has 0 amide bonds. The topological polar surface area (TPSA) is 70.6 Å². The van der Waals surface area contributed by atoms with Crippen molar-refractivity contribution in [3.63, 3.8) is 0 Å². The van der Waals surface area contributed by atoms with E-state index in [1.807, 2.05) is 24.3 Å². The van der Waals surface area contributed by atoms with E-state index in [-0.39, 0.29) is 5.84 Å². The summed E-state index contributed by atoms with van der Waals surface area (Å²) in [4.78, 5) is 0. The van der Waals surface area contributed by atoms with Crippen LogP contribution in [0.5, 0.6) is 0 Å². The minimum atomic E-state index is 0.146. The average Bonchev–Trinajstić information content (AvgIpc) is 2.82. The molecule has 4 heteroatoms. The van der Waals surface area contributed by atoms with E-state index in [2.05, 4.69) is 10.5 Å². The molecule has 0 saturated heterocycles. The molecule has 2 rings (SSSR count). The Morgan fingerprint density at radius 2 is 1.88 bits per heavy atom. The van der Waals surface area contributed by atoms with Crippen molar-refractivity contribution in [1.29, 1.82) is 0 Å². The van der Waals surface area contributed by atoms with Crippen LogP contribution in [0.4, 0.5) is 5.69 Å². The summed E-state index contributed by atoms with van der Waals surface area (Å²) >= 11 is 0. The molecular formula is C12H17N3O. The van der Waals surface area contributed by atoms with E-state index in [0.717, 1.165) is 11.3 Å². The Morgan fingerprint density at radius 1 is 1.25 bits per heavy atom. The van der Waals surface area contributed by atoms with Crippen molar-refractivity contribution >= 4 is 11.5 Å². The third kappa shape index (κ3) is 2.45. The zero-order chi connectivity index (χ0) is 11.4. The second-order valence-electron chi connectivity index (χ2n) is 4.19. The highest BCUT2D eigenvalue weighted by Gasteiger charge is 2.14. The minimum Gasteiger partial charge on any atom is -0.409 e. The number of oxime groups is 1. The van der Waals surface area contributed by atoms with Crippen molar-refractivity contribution in [2.24, 2.45) is 10.9 Å². The first-order valence-electron chi connectivity index (χ1n) is 5.64. The monoisotopic (exact) mass is 219 g/mol. The van der Waals surface area contributed by atoms with Crippen molar-refractivity contribution in [2.45, 2.75) is 31.7 Å². The Kier molecular flexibility index (Phi) is 3.29. The number of benzene rings is 1. The van der Waals surface area contributed by atoms with Crippen LogP contribution in [0.1, 0.15) is 31.2 Å². The van der Waals surface area contributed by atoms with Crippen molar-refractivity contribution in [3.05, 3.63) is 29.8 Å². The molecule has 1 aliphatic carbocycles. The van der Waals surface area contributed by atoms with E-state index in [1.165, 1.54) is 25.7 Å². The maximum Gasteiger partial charge on any atom is 0.170 e. The second-order valence-corrected chi connectivity index (χ2v) is 4.19. The molecule has 1 aliphatic rings. The normalized spacial score (nSPS) is 17.6. The van der Waals surface area contributed by atoms with Crippen LogP contribution in [0.2, 0.25) is 0 Å². The van der Waals surface area contributed by atoms with Crippen molar-refractivity contribution in [3.8, 4) is 0 Å². The van der Waals surface area contributed by atoms with Gasteiger partial charge in [0.05, 0.1) is 0 Å². The first-order chi connectivity index (χ1) is 7.79. The van der Waals surface area contributed by atoms with Gasteiger partial charge < -0.3 is 16.3 Å². The van der Waals surface area contributed by atoms with Gasteiger partial charge in [-0.3, -0.25) is 0 Å². The third-order valence-corrected chi connectivity index (χ3v) is 3.01. The summed E-state index contributed by atoms with van der Waals surface area (Å²) in [6.07, 6.45) is 5.14. The highest BCUT2D eigenvalue weighted by Crippen LogP contribution is 2.22. The average molecular weight is 219 g/mol. The molecule has 0 aromatic heterocycles. The number of nitrogens with one attached hydrogen (secondary N) is 1. The van der Waals surface area contributed by atoms with Gasteiger partial charge in [0.25, 0.3) is 0 Å². The smallest absolute Gasteiger partial charge is 0.170 e. The fourth-order valence-corrected chi connectivity index (χ4v) is 2.10. The summed E-state index contributed by atoms with van der Waals surface area (Å²) in [6.45, 7) is 0. The molecule has 4 N–H and O–H groups in total. The van der Waals surface area contributed by atoms with Crippen LogP contribution in [0.15, 0.2) is 29.4 Å². The Balaban J connectivity index is 2.01. The molecule has 1 fully saturated rings. The van der Waals surface area contributed by atoms with Gasteiger partial charge in [0, 0.05) is 17.3 Å². The molecule has 86 valence electrons. The highest BCUT2D eigenvalue weighted by molar-refractivity contribution is 5.97. The lowest BCUT2D eigenvalue weighted by Gasteiger charge is -2.13. The molecule has 0 aliphatic heterocycles. The van der Waals surface area contributed by atoms with E-state index in [4.69, 9.17) is 10.9 Å². The fraction of sp³-hybridized carbons (Fsp3) is 0.417. The molecule has 0 heterocycles. The fourth-order valence-electron chi connectivity index (χ4n) is 2.10. The maximum atomic E-state index is 8.53. The quantitative estimate of drug-likeness (QED) is 0.315. The van der Waals surface area contributed by atoms with Gasteiger partial charge in [0.1, 0.15) is 0 Å². The van der Waals surface area contributed by atoms with Crippen LogP contribution < -0.4 is 11.1 Å².